The molecule has 7 nitrogen and oxygen atoms in total. The molecule has 1 aliphatic rings. The summed E-state index contributed by atoms with van der Waals surface area (Å²) in [6.45, 7) is 2.29. The molecule has 3 rings (SSSR count). The third kappa shape index (κ3) is 4.88. The van der Waals surface area contributed by atoms with Crippen molar-refractivity contribution in [2.45, 2.75) is 13.0 Å². The fraction of sp³-hybridized carbons (Fsp3) is 0.316. The van der Waals surface area contributed by atoms with Gasteiger partial charge in [0.1, 0.15) is 18.1 Å². The summed E-state index contributed by atoms with van der Waals surface area (Å²) in [5.41, 5.74) is 1.34. The number of carbonyl (C=O) groups excluding carboxylic acids is 1. The topological polar surface area (TPSA) is 84.9 Å². The summed E-state index contributed by atoms with van der Waals surface area (Å²) >= 11 is 5.82. The lowest BCUT2D eigenvalue weighted by Crippen LogP contribution is -2.51. The molecule has 0 saturated carbocycles. The number of hydrogen-bond acceptors (Lipinski definition) is 5. The van der Waals surface area contributed by atoms with Gasteiger partial charge < -0.3 is 14.8 Å². The van der Waals surface area contributed by atoms with E-state index in [0.717, 1.165) is 11.8 Å². The van der Waals surface area contributed by atoms with E-state index in [1.54, 1.807) is 42.5 Å². The van der Waals surface area contributed by atoms with Crippen LogP contribution < -0.4 is 19.1 Å². The molecule has 9 heteroatoms. The molecule has 0 radical (unpaired) electrons. The molecule has 1 unspecified atom stereocenters. The Morgan fingerprint density at radius 1 is 1.29 bits per heavy atom. The van der Waals surface area contributed by atoms with Crippen LogP contribution in [0.3, 0.4) is 0 Å². The van der Waals surface area contributed by atoms with E-state index in [1.165, 1.54) is 4.31 Å². The molecule has 1 atom stereocenters. The summed E-state index contributed by atoms with van der Waals surface area (Å²) in [4.78, 5) is 12.5. The van der Waals surface area contributed by atoms with Crippen LogP contribution in [0.2, 0.25) is 5.02 Å². The molecule has 1 heterocycles. The summed E-state index contributed by atoms with van der Waals surface area (Å²) in [6, 6.07) is 12.1. The van der Waals surface area contributed by atoms with Crippen molar-refractivity contribution >= 4 is 33.2 Å². The van der Waals surface area contributed by atoms with Crippen molar-refractivity contribution in [3.63, 3.8) is 0 Å². The molecule has 1 N–H and O–H groups in total. The third-order valence-electron chi connectivity index (χ3n) is 4.16. The average Bonchev–Trinajstić information content (AvgIpc) is 2.64. The number of ether oxygens (including phenoxy) is 2. The van der Waals surface area contributed by atoms with Crippen LogP contribution in [0, 0.1) is 6.92 Å². The number of amides is 1. The standard InChI is InChI=1S/C19H21ClN2O5S/c1-13-3-8-16-17(11-13)27-18(12-22(16)28(2,24)25)19(23)21-9-10-26-15-6-4-14(20)5-7-15/h3-8,11,18H,9-10,12H2,1-2H3,(H,21,23). The van der Waals surface area contributed by atoms with Crippen LogP contribution in [-0.2, 0) is 14.8 Å². The molecular weight excluding hydrogens is 404 g/mol. The minimum atomic E-state index is -3.55. The molecule has 0 saturated heterocycles. The summed E-state index contributed by atoms with van der Waals surface area (Å²) in [5, 5.41) is 3.33. The second-order valence-corrected chi connectivity index (χ2v) is 8.81. The van der Waals surface area contributed by atoms with Crippen LogP contribution in [0.25, 0.3) is 0 Å². The number of anilines is 1. The molecule has 0 aromatic heterocycles. The highest BCUT2D eigenvalue weighted by atomic mass is 35.5. The van der Waals surface area contributed by atoms with Gasteiger partial charge in [0, 0.05) is 5.02 Å². The predicted molar refractivity (Wildman–Crippen MR) is 108 cm³/mol. The fourth-order valence-corrected chi connectivity index (χ4v) is 3.84. The molecule has 1 aliphatic heterocycles. The fourth-order valence-electron chi connectivity index (χ4n) is 2.80. The third-order valence-corrected chi connectivity index (χ3v) is 5.56. The summed E-state index contributed by atoms with van der Waals surface area (Å²) < 4.78 is 36.8. The summed E-state index contributed by atoms with van der Waals surface area (Å²) in [7, 11) is -3.55. The normalized spacial score (nSPS) is 16.1. The largest absolute Gasteiger partial charge is 0.492 e. The van der Waals surface area contributed by atoms with Crippen molar-refractivity contribution in [2.75, 3.05) is 30.3 Å². The molecule has 0 aliphatic carbocycles. The van der Waals surface area contributed by atoms with E-state index in [1.807, 2.05) is 6.92 Å². The van der Waals surface area contributed by atoms with Crippen LogP contribution in [0.5, 0.6) is 11.5 Å². The van der Waals surface area contributed by atoms with E-state index in [4.69, 9.17) is 21.1 Å². The maximum Gasteiger partial charge on any atom is 0.263 e. The van der Waals surface area contributed by atoms with Crippen molar-refractivity contribution in [2.24, 2.45) is 0 Å². The number of carbonyl (C=O) groups is 1. The van der Waals surface area contributed by atoms with Crippen molar-refractivity contribution in [3.05, 3.63) is 53.1 Å². The Kier molecular flexibility index (Phi) is 6.00. The second kappa shape index (κ2) is 8.28. The van der Waals surface area contributed by atoms with Crippen LogP contribution in [0.15, 0.2) is 42.5 Å². The molecule has 0 spiro atoms. The van der Waals surface area contributed by atoms with Gasteiger partial charge in [-0.1, -0.05) is 17.7 Å². The van der Waals surface area contributed by atoms with Gasteiger partial charge in [-0.3, -0.25) is 9.10 Å². The van der Waals surface area contributed by atoms with Crippen LogP contribution >= 0.6 is 11.6 Å². The molecule has 150 valence electrons. The average molecular weight is 425 g/mol. The quantitative estimate of drug-likeness (QED) is 0.719. The van der Waals surface area contributed by atoms with E-state index in [-0.39, 0.29) is 19.7 Å². The number of rotatable bonds is 6. The van der Waals surface area contributed by atoms with E-state index in [0.29, 0.717) is 22.2 Å². The molecule has 2 aromatic rings. The second-order valence-electron chi connectivity index (χ2n) is 6.47. The number of benzene rings is 2. The van der Waals surface area contributed by atoms with Crippen LogP contribution in [-0.4, -0.2) is 46.4 Å². The number of nitrogens with one attached hydrogen (secondary N) is 1. The highest BCUT2D eigenvalue weighted by Gasteiger charge is 2.34. The van der Waals surface area contributed by atoms with Gasteiger partial charge in [-0.15, -0.1) is 0 Å². The van der Waals surface area contributed by atoms with E-state index < -0.39 is 22.0 Å². The van der Waals surface area contributed by atoms with E-state index in [9.17, 15) is 13.2 Å². The Morgan fingerprint density at radius 2 is 2.00 bits per heavy atom. The van der Waals surface area contributed by atoms with Gasteiger partial charge in [-0.05, 0) is 48.9 Å². The smallest absolute Gasteiger partial charge is 0.263 e. The summed E-state index contributed by atoms with van der Waals surface area (Å²) in [5.74, 6) is 0.606. The number of nitrogens with zero attached hydrogens (tertiary/aromatic N) is 1. The van der Waals surface area contributed by atoms with Crippen LogP contribution in [0.1, 0.15) is 5.56 Å². The number of sulfonamides is 1. The lowest BCUT2D eigenvalue weighted by atomic mass is 10.1. The zero-order chi connectivity index (χ0) is 20.3. The van der Waals surface area contributed by atoms with Gasteiger partial charge in [0.2, 0.25) is 10.0 Å². The number of hydrogen-bond donors (Lipinski definition) is 1. The molecular formula is C19H21ClN2O5S. The van der Waals surface area contributed by atoms with E-state index >= 15 is 0 Å². The highest BCUT2D eigenvalue weighted by Crippen LogP contribution is 2.35. The molecule has 0 bridgehead atoms. The number of aryl methyl sites for hydroxylation is 1. The number of fused-ring (bicyclic) bond motifs is 1. The Hall–Kier alpha value is -2.45. The van der Waals surface area contributed by atoms with Gasteiger partial charge >= 0.3 is 0 Å². The zero-order valence-electron chi connectivity index (χ0n) is 15.5. The van der Waals surface area contributed by atoms with Crippen molar-refractivity contribution in [1.29, 1.82) is 0 Å². The van der Waals surface area contributed by atoms with Crippen molar-refractivity contribution in [3.8, 4) is 11.5 Å². The minimum Gasteiger partial charge on any atom is -0.492 e. The first-order chi connectivity index (χ1) is 13.2. The van der Waals surface area contributed by atoms with Gasteiger partial charge in [-0.2, -0.15) is 0 Å². The lowest BCUT2D eigenvalue weighted by molar-refractivity contribution is -0.127. The molecule has 2 aromatic carbocycles. The Morgan fingerprint density at radius 3 is 2.68 bits per heavy atom. The monoisotopic (exact) mass is 424 g/mol. The highest BCUT2D eigenvalue weighted by molar-refractivity contribution is 7.92. The Balaban J connectivity index is 1.61. The maximum atomic E-state index is 12.5. The first-order valence-electron chi connectivity index (χ1n) is 8.65. The molecule has 28 heavy (non-hydrogen) atoms. The lowest BCUT2D eigenvalue weighted by Gasteiger charge is -2.34. The number of halogens is 1. The van der Waals surface area contributed by atoms with E-state index in [2.05, 4.69) is 5.32 Å². The zero-order valence-corrected chi connectivity index (χ0v) is 17.1. The maximum absolute atomic E-state index is 12.5. The summed E-state index contributed by atoms with van der Waals surface area (Å²) in [6.07, 6.45) is 0.163. The Labute approximate surface area is 169 Å². The first-order valence-corrected chi connectivity index (χ1v) is 10.9. The van der Waals surface area contributed by atoms with Gasteiger partial charge in [0.05, 0.1) is 25.0 Å². The van der Waals surface area contributed by atoms with Gasteiger partial charge in [-0.25, -0.2) is 8.42 Å². The van der Waals surface area contributed by atoms with Gasteiger partial charge in [0.15, 0.2) is 6.10 Å². The van der Waals surface area contributed by atoms with Crippen molar-refractivity contribution < 1.29 is 22.7 Å². The minimum absolute atomic E-state index is 0.0846. The van der Waals surface area contributed by atoms with Gasteiger partial charge in [0.25, 0.3) is 5.91 Å². The Bertz CT molecular complexity index is 963. The SMILES string of the molecule is Cc1ccc2c(c1)OC(C(=O)NCCOc1ccc(Cl)cc1)CN2S(C)(=O)=O. The van der Waals surface area contributed by atoms with Crippen LogP contribution in [0.4, 0.5) is 5.69 Å². The molecule has 1 amide bonds. The predicted octanol–water partition coefficient (Wildman–Crippen LogP) is 2.37. The first kappa shape index (κ1) is 20.3. The molecule has 0 fully saturated rings. The van der Waals surface area contributed by atoms with Crippen molar-refractivity contribution in [1.82, 2.24) is 5.32 Å².